The molecule has 166 valence electrons. The Bertz CT molecular complexity index is 1080. The number of rotatable bonds is 3. The standard InChI is InChI=1S/C26H28ClN3O2/c1-17-3-8-23(13-18(17)2)32-26-28-20-14-21(29-26)16-25(27)24(15-20)19-4-6-22(7-5-19)30-9-11-31-12-10-30/h3-8,13,15-16,20-21H,9-12,14H2,1-2H3,(H,28,29). The molecular formula is C26H28ClN3O2. The molecule has 2 bridgehead atoms. The number of ether oxygens (including phenoxy) is 2. The first-order chi connectivity index (χ1) is 15.5. The number of hydrogen-bond donors (Lipinski definition) is 1. The molecule has 2 aromatic rings. The van der Waals surface area contributed by atoms with Crippen molar-refractivity contribution in [1.82, 2.24) is 5.32 Å². The van der Waals surface area contributed by atoms with Crippen molar-refractivity contribution in [1.29, 1.82) is 0 Å². The zero-order valence-electron chi connectivity index (χ0n) is 18.5. The van der Waals surface area contributed by atoms with Crippen molar-refractivity contribution in [3.8, 4) is 5.75 Å². The average Bonchev–Trinajstić information content (AvgIpc) is 2.91. The number of nitrogens with one attached hydrogen (secondary N) is 1. The molecule has 32 heavy (non-hydrogen) atoms. The molecule has 2 aromatic carbocycles. The van der Waals surface area contributed by atoms with Crippen LogP contribution >= 0.6 is 11.6 Å². The Morgan fingerprint density at radius 1 is 1.03 bits per heavy atom. The van der Waals surface area contributed by atoms with Crippen molar-refractivity contribution in [2.24, 2.45) is 4.99 Å². The molecule has 1 N–H and O–H groups in total. The lowest BCUT2D eigenvalue weighted by atomic mass is 10.0. The minimum Gasteiger partial charge on any atom is -0.426 e. The quantitative estimate of drug-likeness (QED) is 0.729. The minimum absolute atomic E-state index is 0.00390. The van der Waals surface area contributed by atoms with Crippen LogP contribution in [0.2, 0.25) is 0 Å². The van der Waals surface area contributed by atoms with E-state index in [9.17, 15) is 0 Å². The minimum atomic E-state index is 0.00390. The van der Waals surface area contributed by atoms with Gasteiger partial charge in [0.05, 0.1) is 25.3 Å². The van der Waals surface area contributed by atoms with Gasteiger partial charge in [-0.05, 0) is 72.9 Å². The maximum atomic E-state index is 6.76. The highest BCUT2D eigenvalue weighted by molar-refractivity contribution is 6.37. The molecule has 2 heterocycles. The molecule has 2 unspecified atom stereocenters. The number of anilines is 1. The van der Waals surface area contributed by atoms with Crippen LogP contribution in [0.25, 0.3) is 5.57 Å². The molecule has 6 heteroatoms. The topological polar surface area (TPSA) is 46.1 Å². The molecule has 1 fully saturated rings. The molecule has 2 aliphatic heterocycles. The van der Waals surface area contributed by atoms with Gasteiger partial charge in [-0.2, -0.15) is 0 Å². The molecule has 5 rings (SSSR count). The lowest BCUT2D eigenvalue weighted by Crippen LogP contribution is -2.43. The van der Waals surface area contributed by atoms with Gasteiger partial charge in [0, 0.05) is 23.8 Å². The van der Waals surface area contributed by atoms with Crippen LogP contribution in [0.15, 0.2) is 64.6 Å². The largest absolute Gasteiger partial charge is 0.426 e. The van der Waals surface area contributed by atoms with E-state index in [2.05, 4.69) is 66.5 Å². The van der Waals surface area contributed by atoms with E-state index in [1.165, 1.54) is 16.8 Å². The summed E-state index contributed by atoms with van der Waals surface area (Å²) in [6.07, 6.45) is 5.08. The fraction of sp³-hybridized carbons (Fsp3) is 0.346. The van der Waals surface area contributed by atoms with Crippen LogP contribution in [-0.4, -0.2) is 44.4 Å². The van der Waals surface area contributed by atoms with Crippen LogP contribution in [0, 0.1) is 13.8 Å². The molecule has 2 atom stereocenters. The number of benzene rings is 2. The summed E-state index contributed by atoms with van der Waals surface area (Å²) < 4.78 is 11.5. The summed E-state index contributed by atoms with van der Waals surface area (Å²) in [7, 11) is 0. The lowest BCUT2D eigenvalue weighted by Gasteiger charge is -2.29. The molecule has 1 aliphatic carbocycles. The molecule has 0 amide bonds. The average molecular weight is 450 g/mol. The number of nitrogens with zero attached hydrogens (tertiary/aromatic N) is 2. The number of hydrogen-bond acceptors (Lipinski definition) is 5. The highest BCUT2D eigenvalue weighted by atomic mass is 35.5. The van der Waals surface area contributed by atoms with Gasteiger partial charge in [0.25, 0.3) is 6.02 Å². The van der Waals surface area contributed by atoms with E-state index in [1.54, 1.807) is 0 Å². The summed E-state index contributed by atoms with van der Waals surface area (Å²) in [6, 6.07) is 15.3. The van der Waals surface area contributed by atoms with Gasteiger partial charge in [-0.15, -0.1) is 0 Å². The molecule has 0 saturated carbocycles. The van der Waals surface area contributed by atoms with Crippen LogP contribution < -0.4 is 15.0 Å². The first kappa shape index (κ1) is 21.1. The van der Waals surface area contributed by atoms with E-state index < -0.39 is 0 Å². The van der Waals surface area contributed by atoms with Gasteiger partial charge in [0.1, 0.15) is 5.75 Å². The van der Waals surface area contributed by atoms with Gasteiger partial charge in [-0.3, -0.25) is 0 Å². The van der Waals surface area contributed by atoms with E-state index in [0.717, 1.165) is 54.6 Å². The van der Waals surface area contributed by atoms with Crippen LogP contribution in [-0.2, 0) is 4.74 Å². The predicted molar refractivity (Wildman–Crippen MR) is 131 cm³/mol. The van der Waals surface area contributed by atoms with E-state index in [4.69, 9.17) is 26.1 Å². The first-order valence-corrected chi connectivity index (χ1v) is 11.5. The molecular weight excluding hydrogens is 422 g/mol. The second-order valence-electron chi connectivity index (χ2n) is 8.58. The molecule has 0 radical (unpaired) electrons. The van der Waals surface area contributed by atoms with Crippen molar-refractivity contribution in [2.45, 2.75) is 32.4 Å². The molecule has 3 aliphatic rings. The van der Waals surface area contributed by atoms with E-state index in [1.807, 2.05) is 12.1 Å². The Morgan fingerprint density at radius 3 is 2.56 bits per heavy atom. The monoisotopic (exact) mass is 449 g/mol. The SMILES string of the molecule is Cc1ccc(OC2=NC3C=C(c4ccc(N5CCOCC5)cc4)C(Cl)=CC(C3)N2)cc1C. The Kier molecular flexibility index (Phi) is 5.94. The third-order valence-electron chi connectivity index (χ3n) is 6.30. The van der Waals surface area contributed by atoms with Crippen LogP contribution in [0.5, 0.6) is 5.75 Å². The van der Waals surface area contributed by atoms with Crippen molar-refractivity contribution in [2.75, 3.05) is 31.2 Å². The number of fused-ring (bicyclic) bond motifs is 2. The number of halogens is 1. The second-order valence-corrected chi connectivity index (χ2v) is 8.98. The molecule has 0 spiro atoms. The zero-order valence-corrected chi connectivity index (χ0v) is 19.2. The highest BCUT2D eigenvalue weighted by Gasteiger charge is 2.27. The van der Waals surface area contributed by atoms with Crippen molar-refractivity contribution in [3.05, 3.63) is 76.3 Å². The fourth-order valence-electron chi connectivity index (χ4n) is 4.32. The summed E-state index contributed by atoms with van der Waals surface area (Å²) in [5, 5.41) is 4.12. The summed E-state index contributed by atoms with van der Waals surface area (Å²) in [6.45, 7) is 7.59. The van der Waals surface area contributed by atoms with E-state index in [0.29, 0.717) is 6.02 Å². The number of aliphatic imine (C=N–C) groups is 1. The number of aryl methyl sites for hydroxylation is 2. The number of allylic oxidation sites excluding steroid dienone is 2. The van der Waals surface area contributed by atoms with Gasteiger partial charge in [-0.25, -0.2) is 4.99 Å². The summed E-state index contributed by atoms with van der Waals surface area (Å²) in [4.78, 5) is 7.15. The normalized spacial score (nSPS) is 22.8. The van der Waals surface area contributed by atoms with Gasteiger partial charge < -0.3 is 19.7 Å². The summed E-state index contributed by atoms with van der Waals surface area (Å²) in [5.74, 6) is 0.788. The van der Waals surface area contributed by atoms with Crippen LogP contribution in [0.3, 0.4) is 0 Å². The fourth-order valence-corrected chi connectivity index (χ4v) is 4.65. The summed E-state index contributed by atoms with van der Waals surface area (Å²) >= 11 is 6.76. The molecule has 5 nitrogen and oxygen atoms in total. The molecule has 1 saturated heterocycles. The van der Waals surface area contributed by atoms with Crippen molar-refractivity contribution >= 4 is 28.9 Å². The lowest BCUT2D eigenvalue weighted by molar-refractivity contribution is 0.122. The van der Waals surface area contributed by atoms with Crippen molar-refractivity contribution < 1.29 is 9.47 Å². The second kappa shape index (κ2) is 9.00. The third-order valence-corrected chi connectivity index (χ3v) is 6.63. The van der Waals surface area contributed by atoms with Gasteiger partial charge in [0.15, 0.2) is 0 Å². The Labute approximate surface area is 194 Å². The smallest absolute Gasteiger partial charge is 0.291 e. The van der Waals surface area contributed by atoms with Crippen molar-refractivity contribution in [3.63, 3.8) is 0 Å². The third kappa shape index (κ3) is 4.54. The van der Waals surface area contributed by atoms with Crippen LogP contribution in [0.4, 0.5) is 5.69 Å². The highest BCUT2D eigenvalue weighted by Crippen LogP contribution is 2.33. The van der Waals surface area contributed by atoms with Crippen LogP contribution in [0.1, 0.15) is 23.1 Å². The predicted octanol–water partition coefficient (Wildman–Crippen LogP) is 4.83. The van der Waals surface area contributed by atoms with Gasteiger partial charge in [-0.1, -0.05) is 35.9 Å². The van der Waals surface area contributed by atoms with Gasteiger partial charge >= 0.3 is 0 Å². The van der Waals surface area contributed by atoms with E-state index >= 15 is 0 Å². The Balaban J connectivity index is 1.37. The first-order valence-electron chi connectivity index (χ1n) is 11.2. The zero-order chi connectivity index (χ0) is 22.1. The summed E-state index contributed by atoms with van der Waals surface area (Å²) in [5.41, 5.74) is 5.77. The number of amidine groups is 1. The maximum absolute atomic E-state index is 6.76. The number of morpholine rings is 1. The maximum Gasteiger partial charge on any atom is 0.291 e. The Morgan fingerprint density at radius 2 is 1.81 bits per heavy atom. The Hall–Kier alpha value is -2.76. The van der Waals surface area contributed by atoms with Gasteiger partial charge in [0.2, 0.25) is 0 Å². The molecule has 0 aromatic heterocycles. The van der Waals surface area contributed by atoms with E-state index in [-0.39, 0.29) is 12.1 Å².